The van der Waals surface area contributed by atoms with Crippen LogP contribution in [0.3, 0.4) is 0 Å². The standard InChI is InChI=1S/C15H19N3OS/c1-11-12(6-9-17(11)2)15(19)18-8-4-3-5-13(18)14-16-7-10-20-14/h6-7,9-10,13H,3-5,8H2,1-2H3/t13-/m1/s1. The number of thiazole rings is 1. The second-order valence-corrected chi connectivity index (χ2v) is 6.23. The van der Waals surface area contributed by atoms with Gasteiger partial charge in [-0.2, -0.15) is 0 Å². The molecule has 0 N–H and O–H groups in total. The van der Waals surface area contributed by atoms with Gasteiger partial charge in [-0.05, 0) is 32.3 Å². The Labute approximate surface area is 123 Å². The lowest BCUT2D eigenvalue weighted by Gasteiger charge is -2.34. The molecule has 1 atom stereocenters. The summed E-state index contributed by atoms with van der Waals surface area (Å²) in [5.74, 6) is 0.142. The quantitative estimate of drug-likeness (QED) is 0.851. The maximum atomic E-state index is 12.8. The highest BCUT2D eigenvalue weighted by molar-refractivity contribution is 7.09. The third-order valence-corrected chi connectivity index (χ3v) is 4.99. The first kappa shape index (κ1) is 13.4. The molecule has 1 amide bonds. The SMILES string of the molecule is Cc1c(C(=O)N2CCCC[C@@H]2c2nccs2)ccn1C. The van der Waals surface area contributed by atoms with Gasteiger partial charge in [-0.1, -0.05) is 0 Å². The molecule has 1 saturated heterocycles. The van der Waals surface area contributed by atoms with Gasteiger partial charge >= 0.3 is 0 Å². The van der Waals surface area contributed by atoms with Crippen LogP contribution in [0.2, 0.25) is 0 Å². The molecule has 0 bridgehead atoms. The highest BCUT2D eigenvalue weighted by Crippen LogP contribution is 2.33. The molecule has 4 nitrogen and oxygen atoms in total. The number of aromatic nitrogens is 2. The number of aryl methyl sites for hydroxylation is 1. The summed E-state index contributed by atoms with van der Waals surface area (Å²) in [4.78, 5) is 19.2. The average Bonchev–Trinajstić information content (AvgIpc) is 3.10. The molecule has 3 rings (SSSR count). The first-order valence-electron chi connectivity index (χ1n) is 7.01. The molecular weight excluding hydrogens is 270 g/mol. The zero-order valence-corrected chi connectivity index (χ0v) is 12.7. The minimum Gasteiger partial charge on any atom is -0.354 e. The third-order valence-electron chi connectivity index (χ3n) is 4.11. The van der Waals surface area contributed by atoms with Crippen molar-refractivity contribution in [1.82, 2.24) is 14.5 Å². The molecule has 0 radical (unpaired) electrons. The number of amides is 1. The Morgan fingerprint density at radius 3 is 2.95 bits per heavy atom. The van der Waals surface area contributed by atoms with Crippen LogP contribution in [0.5, 0.6) is 0 Å². The first-order chi connectivity index (χ1) is 9.68. The molecule has 1 aliphatic heterocycles. The predicted octanol–water partition coefficient (Wildman–Crippen LogP) is 3.16. The molecule has 2 aromatic rings. The molecule has 0 saturated carbocycles. The van der Waals surface area contributed by atoms with Gasteiger partial charge in [-0.25, -0.2) is 4.98 Å². The monoisotopic (exact) mass is 289 g/mol. The molecule has 106 valence electrons. The summed E-state index contributed by atoms with van der Waals surface area (Å²) in [6, 6.07) is 2.07. The Bertz CT molecular complexity index is 603. The molecule has 3 heterocycles. The molecule has 20 heavy (non-hydrogen) atoms. The van der Waals surface area contributed by atoms with E-state index in [9.17, 15) is 4.79 Å². The highest BCUT2D eigenvalue weighted by atomic mass is 32.1. The lowest BCUT2D eigenvalue weighted by Crippen LogP contribution is -2.38. The molecule has 0 unspecified atom stereocenters. The maximum absolute atomic E-state index is 12.8. The van der Waals surface area contributed by atoms with E-state index >= 15 is 0 Å². The molecule has 0 aliphatic carbocycles. The Kier molecular flexibility index (Phi) is 3.61. The van der Waals surface area contributed by atoms with Crippen LogP contribution in [0.15, 0.2) is 23.8 Å². The highest BCUT2D eigenvalue weighted by Gasteiger charge is 2.31. The van der Waals surface area contributed by atoms with E-state index in [1.54, 1.807) is 11.3 Å². The lowest BCUT2D eigenvalue weighted by molar-refractivity contribution is 0.0610. The van der Waals surface area contributed by atoms with E-state index in [1.165, 1.54) is 6.42 Å². The summed E-state index contributed by atoms with van der Waals surface area (Å²) in [6.45, 7) is 2.83. The summed E-state index contributed by atoms with van der Waals surface area (Å²) in [5.41, 5.74) is 1.84. The van der Waals surface area contributed by atoms with Crippen LogP contribution < -0.4 is 0 Å². The Balaban J connectivity index is 1.90. The van der Waals surface area contributed by atoms with Crippen molar-refractivity contribution in [1.29, 1.82) is 0 Å². The van der Waals surface area contributed by atoms with Crippen molar-refractivity contribution >= 4 is 17.2 Å². The van der Waals surface area contributed by atoms with Gasteiger partial charge < -0.3 is 9.47 Å². The van der Waals surface area contributed by atoms with Gasteiger partial charge in [0.1, 0.15) is 5.01 Å². The number of likely N-dealkylation sites (tertiary alicyclic amines) is 1. The van der Waals surface area contributed by atoms with Crippen LogP contribution in [0.4, 0.5) is 0 Å². The smallest absolute Gasteiger partial charge is 0.256 e. The van der Waals surface area contributed by atoms with E-state index < -0.39 is 0 Å². The van der Waals surface area contributed by atoms with E-state index in [2.05, 4.69) is 4.98 Å². The van der Waals surface area contributed by atoms with Crippen LogP contribution in [-0.4, -0.2) is 26.9 Å². The molecular formula is C15H19N3OS. The van der Waals surface area contributed by atoms with E-state index in [4.69, 9.17) is 0 Å². The summed E-state index contributed by atoms with van der Waals surface area (Å²) in [5, 5.41) is 3.05. The Morgan fingerprint density at radius 2 is 2.30 bits per heavy atom. The zero-order chi connectivity index (χ0) is 14.1. The van der Waals surface area contributed by atoms with Gasteiger partial charge in [0.25, 0.3) is 5.91 Å². The number of carbonyl (C=O) groups excluding carboxylic acids is 1. The molecule has 1 aliphatic rings. The Hall–Kier alpha value is -1.62. The van der Waals surface area contributed by atoms with Gasteiger partial charge in [0.2, 0.25) is 0 Å². The number of rotatable bonds is 2. The predicted molar refractivity (Wildman–Crippen MR) is 79.9 cm³/mol. The Morgan fingerprint density at radius 1 is 1.45 bits per heavy atom. The van der Waals surface area contributed by atoms with Gasteiger partial charge in [-0.3, -0.25) is 4.79 Å². The fraction of sp³-hybridized carbons (Fsp3) is 0.467. The van der Waals surface area contributed by atoms with Crippen molar-refractivity contribution in [2.75, 3.05) is 6.54 Å². The summed E-state index contributed by atoms with van der Waals surface area (Å²) in [7, 11) is 1.97. The van der Waals surface area contributed by atoms with Crippen molar-refractivity contribution < 1.29 is 4.79 Å². The number of carbonyl (C=O) groups is 1. The largest absolute Gasteiger partial charge is 0.354 e. The maximum Gasteiger partial charge on any atom is 0.256 e. The summed E-state index contributed by atoms with van der Waals surface area (Å²) < 4.78 is 2.00. The molecule has 2 aromatic heterocycles. The van der Waals surface area contributed by atoms with Crippen molar-refractivity contribution in [3.05, 3.63) is 40.1 Å². The minimum atomic E-state index is 0.142. The topological polar surface area (TPSA) is 38.1 Å². The summed E-state index contributed by atoms with van der Waals surface area (Å²) >= 11 is 1.64. The summed E-state index contributed by atoms with van der Waals surface area (Å²) in [6.07, 6.45) is 7.04. The van der Waals surface area contributed by atoms with Crippen LogP contribution in [0.1, 0.15) is 46.4 Å². The van der Waals surface area contributed by atoms with Crippen LogP contribution in [0.25, 0.3) is 0 Å². The van der Waals surface area contributed by atoms with Gasteiger partial charge in [0.15, 0.2) is 0 Å². The fourth-order valence-corrected chi connectivity index (χ4v) is 3.60. The van der Waals surface area contributed by atoms with E-state index in [1.807, 2.05) is 47.3 Å². The number of hydrogen-bond acceptors (Lipinski definition) is 3. The molecule has 5 heteroatoms. The first-order valence-corrected chi connectivity index (χ1v) is 7.88. The minimum absolute atomic E-state index is 0.142. The lowest BCUT2D eigenvalue weighted by atomic mass is 10.0. The van der Waals surface area contributed by atoms with Crippen molar-refractivity contribution in [3.8, 4) is 0 Å². The van der Waals surface area contributed by atoms with E-state index in [-0.39, 0.29) is 11.9 Å². The average molecular weight is 289 g/mol. The van der Waals surface area contributed by atoms with E-state index in [0.29, 0.717) is 0 Å². The molecule has 0 spiro atoms. The second kappa shape index (κ2) is 5.40. The van der Waals surface area contributed by atoms with Gasteiger partial charge in [-0.15, -0.1) is 11.3 Å². The van der Waals surface area contributed by atoms with Crippen molar-refractivity contribution in [2.45, 2.75) is 32.2 Å². The molecule has 0 aromatic carbocycles. The van der Waals surface area contributed by atoms with Crippen molar-refractivity contribution in [2.24, 2.45) is 7.05 Å². The van der Waals surface area contributed by atoms with Gasteiger partial charge in [0.05, 0.1) is 11.6 Å². The number of piperidine rings is 1. The van der Waals surface area contributed by atoms with Crippen LogP contribution in [-0.2, 0) is 7.05 Å². The van der Waals surface area contributed by atoms with Crippen molar-refractivity contribution in [3.63, 3.8) is 0 Å². The normalized spacial score (nSPS) is 19.3. The molecule has 1 fully saturated rings. The van der Waals surface area contributed by atoms with E-state index in [0.717, 1.165) is 35.7 Å². The van der Waals surface area contributed by atoms with Gasteiger partial charge in [0, 0.05) is 37.1 Å². The number of nitrogens with zero attached hydrogens (tertiary/aromatic N) is 3. The second-order valence-electron chi connectivity index (χ2n) is 5.31. The number of hydrogen-bond donors (Lipinski definition) is 0. The van der Waals surface area contributed by atoms with Crippen LogP contribution >= 0.6 is 11.3 Å². The van der Waals surface area contributed by atoms with Crippen LogP contribution in [0, 0.1) is 6.92 Å². The third kappa shape index (κ3) is 2.26. The fourth-order valence-electron chi connectivity index (χ4n) is 2.82. The zero-order valence-electron chi connectivity index (χ0n) is 11.9.